The van der Waals surface area contributed by atoms with Crippen molar-refractivity contribution >= 4 is 17.5 Å². The highest BCUT2D eigenvalue weighted by Crippen LogP contribution is 2.28. The highest BCUT2D eigenvalue weighted by atomic mass is 16.5. The first kappa shape index (κ1) is 19.7. The zero-order valence-corrected chi connectivity index (χ0v) is 14.5. The molecule has 1 rings (SSSR count). The van der Waals surface area contributed by atoms with Crippen LogP contribution in [0.25, 0.3) is 0 Å². The van der Waals surface area contributed by atoms with E-state index in [1.165, 1.54) is 33.3 Å². The standard InChI is InChI=1S/C16H24N2O6/c1-21-9-7-18(8-10-22-2)16(20)15(19)17-13-11-12(23-3)5-6-14(13)24-4/h5-6,11H,7-10H2,1-4H3,(H,17,19). The van der Waals surface area contributed by atoms with Crippen molar-refractivity contribution in [3.8, 4) is 11.5 Å². The lowest BCUT2D eigenvalue weighted by Crippen LogP contribution is -2.43. The third-order valence-corrected chi connectivity index (χ3v) is 3.27. The fraction of sp³-hybridized carbons (Fsp3) is 0.500. The molecule has 1 aromatic rings. The molecule has 0 spiro atoms. The second-order valence-corrected chi connectivity index (χ2v) is 4.80. The van der Waals surface area contributed by atoms with Crippen LogP contribution in [0.4, 0.5) is 5.69 Å². The fourth-order valence-electron chi connectivity index (χ4n) is 1.95. The summed E-state index contributed by atoms with van der Waals surface area (Å²) in [4.78, 5) is 26.0. The van der Waals surface area contributed by atoms with E-state index in [2.05, 4.69) is 5.32 Å². The lowest BCUT2D eigenvalue weighted by Gasteiger charge is -2.21. The largest absolute Gasteiger partial charge is 0.497 e. The van der Waals surface area contributed by atoms with Crippen molar-refractivity contribution in [3.63, 3.8) is 0 Å². The molecule has 8 heteroatoms. The molecule has 134 valence electrons. The van der Waals surface area contributed by atoms with Crippen LogP contribution in [0.2, 0.25) is 0 Å². The minimum absolute atomic E-state index is 0.293. The van der Waals surface area contributed by atoms with Crippen LogP contribution in [-0.4, -0.2) is 71.5 Å². The van der Waals surface area contributed by atoms with Gasteiger partial charge in [-0.1, -0.05) is 0 Å². The van der Waals surface area contributed by atoms with Crippen molar-refractivity contribution in [2.75, 3.05) is 60.1 Å². The Labute approximate surface area is 141 Å². The smallest absolute Gasteiger partial charge is 0.314 e. The molecule has 1 N–H and O–H groups in total. The third-order valence-electron chi connectivity index (χ3n) is 3.27. The van der Waals surface area contributed by atoms with E-state index in [9.17, 15) is 9.59 Å². The Morgan fingerprint density at radius 3 is 2.12 bits per heavy atom. The minimum Gasteiger partial charge on any atom is -0.497 e. The molecular formula is C16H24N2O6. The van der Waals surface area contributed by atoms with E-state index in [4.69, 9.17) is 18.9 Å². The van der Waals surface area contributed by atoms with Gasteiger partial charge in [0, 0.05) is 33.4 Å². The van der Waals surface area contributed by atoms with Crippen molar-refractivity contribution in [3.05, 3.63) is 18.2 Å². The molecular weight excluding hydrogens is 316 g/mol. The van der Waals surface area contributed by atoms with Crippen LogP contribution in [0.3, 0.4) is 0 Å². The summed E-state index contributed by atoms with van der Waals surface area (Å²) in [5.41, 5.74) is 0.355. The Hall–Kier alpha value is -2.32. The number of carbonyl (C=O) groups excluding carboxylic acids is 2. The first-order valence-electron chi connectivity index (χ1n) is 7.37. The molecule has 0 atom stereocenters. The Morgan fingerprint density at radius 1 is 1.00 bits per heavy atom. The SMILES string of the molecule is COCCN(CCOC)C(=O)C(=O)Nc1cc(OC)ccc1OC. The average Bonchev–Trinajstić information content (AvgIpc) is 2.61. The van der Waals surface area contributed by atoms with Gasteiger partial charge in [0.2, 0.25) is 0 Å². The van der Waals surface area contributed by atoms with E-state index in [0.717, 1.165) is 0 Å². The number of methoxy groups -OCH3 is 4. The maximum absolute atomic E-state index is 12.3. The molecule has 0 bridgehead atoms. The lowest BCUT2D eigenvalue weighted by atomic mass is 10.2. The molecule has 0 radical (unpaired) electrons. The predicted octanol–water partition coefficient (Wildman–Crippen LogP) is 0.764. The summed E-state index contributed by atoms with van der Waals surface area (Å²) in [6.07, 6.45) is 0. The molecule has 0 aliphatic rings. The van der Waals surface area contributed by atoms with E-state index in [0.29, 0.717) is 43.5 Å². The molecule has 0 saturated carbocycles. The maximum Gasteiger partial charge on any atom is 0.314 e. The molecule has 0 heterocycles. The number of ether oxygens (including phenoxy) is 4. The lowest BCUT2D eigenvalue weighted by molar-refractivity contribution is -0.144. The topological polar surface area (TPSA) is 86.3 Å². The van der Waals surface area contributed by atoms with Gasteiger partial charge in [0.05, 0.1) is 33.1 Å². The van der Waals surface area contributed by atoms with Crippen LogP contribution in [0.5, 0.6) is 11.5 Å². The van der Waals surface area contributed by atoms with E-state index in [1.807, 2.05) is 0 Å². The van der Waals surface area contributed by atoms with Gasteiger partial charge in [0.1, 0.15) is 11.5 Å². The number of benzene rings is 1. The van der Waals surface area contributed by atoms with Crippen LogP contribution in [-0.2, 0) is 19.1 Å². The van der Waals surface area contributed by atoms with Gasteiger partial charge in [-0.3, -0.25) is 9.59 Å². The first-order chi connectivity index (χ1) is 11.6. The van der Waals surface area contributed by atoms with Gasteiger partial charge < -0.3 is 29.2 Å². The van der Waals surface area contributed by atoms with Crippen LogP contribution < -0.4 is 14.8 Å². The summed E-state index contributed by atoms with van der Waals surface area (Å²) in [5.74, 6) is -0.478. The van der Waals surface area contributed by atoms with Gasteiger partial charge in [0.25, 0.3) is 0 Å². The Kier molecular flexibility index (Phi) is 8.59. The summed E-state index contributed by atoms with van der Waals surface area (Å²) in [7, 11) is 6.04. The Bertz CT molecular complexity index is 541. The van der Waals surface area contributed by atoms with E-state index >= 15 is 0 Å². The number of carbonyl (C=O) groups is 2. The highest BCUT2D eigenvalue weighted by Gasteiger charge is 2.22. The third kappa shape index (κ3) is 5.71. The molecule has 2 amide bonds. The first-order valence-corrected chi connectivity index (χ1v) is 7.37. The van der Waals surface area contributed by atoms with Gasteiger partial charge in [-0.25, -0.2) is 0 Å². The quantitative estimate of drug-likeness (QED) is 0.668. The van der Waals surface area contributed by atoms with E-state index in [-0.39, 0.29) is 0 Å². The summed E-state index contributed by atoms with van der Waals surface area (Å²) in [6, 6.07) is 4.92. The van der Waals surface area contributed by atoms with Crippen LogP contribution in [0.15, 0.2) is 18.2 Å². The molecule has 0 unspecified atom stereocenters. The zero-order chi connectivity index (χ0) is 17.9. The summed E-state index contributed by atoms with van der Waals surface area (Å²) in [6.45, 7) is 1.24. The molecule has 0 aliphatic heterocycles. The second-order valence-electron chi connectivity index (χ2n) is 4.80. The van der Waals surface area contributed by atoms with E-state index < -0.39 is 11.8 Å². The molecule has 24 heavy (non-hydrogen) atoms. The van der Waals surface area contributed by atoms with Gasteiger partial charge in [-0.15, -0.1) is 0 Å². The number of anilines is 1. The normalized spacial score (nSPS) is 10.2. The Morgan fingerprint density at radius 2 is 1.62 bits per heavy atom. The van der Waals surface area contributed by atoms with Crippen LogP contribution in [0.1, 0.15) is 0 Å². The second kappa shape index (κ2) is 10.5. The van der Waals surface area contributed by atoms with Gasteiger partial charge in [0.15, 0.2) is 0 Å². The number of hydrogen-bond donors (Lipinski definition) is 1. The fourth-order valence-corrected chi connectivity index (χ4v) is 1.95. The van der Waals surface area contributed by atoms with Gasteiger partial charge in [-0.05, 0) is 12.1 Å². The van der Waals surface area contributed by atoms with Crippen LogP contribution in [0, 0.1) is 0 Å². The molecule has 0 aliphatic carbocycles. The average molecular weight is 340 g/mol. The van der Waals surface area contributed by atoms with Crippen molar-refractivity contribution < 1.29 is 28.5 Å². The van der Waals surface area contributed by atoms with Crippen LogP contribution >= 0.6 is 0 Å². The van der Waals surface area contributed by atoms with Crippen molar-refractivity contribution in [2.45, 2.75) is 0 Å². The van der Waals surface area contributed by atoms with Crippen molar-refractivity contribution in [1.29, 1.82) is 0 Å². The molecule has 0 saturated heterocycles. The maximum atomic E-state index is 12.3. The molecule has 0 aromatic heterocycles. The number of nitrogens with zero attached hydrogens (tertiary/aromatic N) is 1. The predicted molar refractivity (Wildman–Crippen MR) is 88.5 cm³/mol. The highest BCUT2D eigenvalue weighted by molar-refractivity contribution is 6.39. The summed E-state index contributed by atoms with van der Waals surface area (Å²) in [5, 5.41) is 2.55. The molecule has 8 nitrogen and oxygen atoms in total. The van der Waals surface area contributed by atoms with Crippen molar-refractivity contribution in [1.82, 2.24) is 4.90 Å². The number of nitrogens with one attached hydrogen (secondary N) is 1. The summed E-state index contributed by atoms with van der Waals surface area (Å²) < 4.78 is 20.2. The summed E-state index contributed by atoms with van der Waals surface area (Å²) >= 11 is 0. The van der Waals surface area contributed by atoms with E-state index in [1.54, 1.807) is 18.2 Å². The van der Waals surface area contributed by atoms with Gasteiger partial charge in [-0.2, -0.15) is 0 Å². The molecule has 1 aromatic carbocycles. The van der Waals surface area contributed by atoms with Crippen molar-refractivity contribution in [2.24, 2.45) is 0 Å². The monoisotopic (exact) mass is 340 g/mol. The Balaban J connectivity index is 2.85. The number of hydrogen-bond acceptors (Lipinski definition) is 6. The van der Waals surface area contributed by atoms with Gasteiger partial charge >= 0.3 is 11.8 Å². The molecule has 0 fully saturated rings. The number of amides is 2. The zero-order valence-electron chi connectivity index (χ0n) is 14.5. The number of rotatable bonds is 9. The minimum atomic E-state index is -0.770.